The van der Waals surface area contributed by atoms with Gasteiger partial charge in [0.15, 0.2) is 0 Å². The molecule has 2 atom stereocenters. The second-order valence-electron chi connectivity index (χ2n) is 3.36. The highest BCUT2D eigenvalue weighted by molar-refractivity contribution is 7.80. The summed E-state index contributed by atoms with van der Waals surface area (Å²) in [5.41, 5.74) is 0. The summed E-state index contributed by atoms with van der Waals surface area (Å²) in [6, 6.07) is 0.205. The van der Waals surface area contributed by atoms with Crippen LogP contribution in [0, 0.1) is 0 Å². The molecule has 4 nitrogen and oxygen atoms in total. The molecule has 0 amide bonds. The normalized spacial score (nSPS) is 24.1. The van der Waals surface area contributed by atoms with Crippen LogP contribution in [0.25, 0.3) is 0 Å². The van der Waals surface area contributed by atoms with Crippen LogP contribution in [-0.2, 0) is 0 Å². The molecule has 0 aromatic heterocycles. The first-order valence-corrected chi connectivity index (χ1v) is 4.92. The minimum absolute atomic E-state index is 0.205. The fourth-order valence-electron chi connectivity index (χ4n) is 1.31. The van der Waals surface area contributed by atoms with E-state index in [4.69, 9.17) is 22.3 Å². The molecule has 0 aliphatic carbocycles. The Labute approximate surface area is 83.9 Å². The number of nitrogens with one attached hydrogen (secondary N) is 2. The molecule has 1 fully saturated rings. The van der Waals surface area contributed by atoms with Crippen molar-refractivity contribution in [3.8, 4) is 0 Å². The van der Waals surface area contributed by atoms with Crippen molar-refractivity contribution in [2.24, 2.45) is 0 Å². The molecule has 13 heavy (non-hydrogen) atoms. The van der Waals surface area contributed by atoms with Crippen molar-refractivity contribution in [2.45, 2.75) is 31.7 Å². The second kappa shape index (κ2) is 4.90. The Morgan fingerprint density at radius 2 is 2.38 bits per heavy atom. The van der Waals surface area contributed by atoms with Gasteiger partial charge in [-0.1, -0.05) is 12.2 Å². The first-order valence-electron chi connectivity index (χ1n) is 4.51. The highest BCUT2D eigenvalue weighted by Crippen LogP contribution is 2.06. The van der Waals surface area contributed by atoms with Gasteiger partial charge in [-0.05, 0) is 26.3 Å². The smallest absolute Gasteiger partial charge is 0.426 e. The van der Waals surface area contributed by atoms with Crippen LogP contribution >= 0.6 is 12.2 Å². The summed E-state index contributed by atoms with van der Waals surface area (Å²) in [5, 5.41) is 23.8. The zero-order valence-corrected chi connectivity index (χ0v) is 8.47. The van der Waals surface area contributed by atoms with E-state index in [2.05, 4.69) is 10.6 Å². The second-order valence-corrected chi connectivity index (χ2v) is 3.80. The Kier molecular flexibility index (Phi) is 4.12. The average Bonchev–Trinajstić information content (AvgIpc) is 2.55. The minimum Gasteiger partial charge on any atom is -0.426 e. The van der Waals surface area contributed by atoms with E-state index in [0.717, 1.165) is 19.4 Å². The summed E-state index contributed by atoms with van der Waals surface area (Å²) < 4.78 is 0. The fraction of sp³-hybridized carbons (Fsp3) is 0.857. The summed E-state index contributed by atoms with van der Waals surface area (Å²) in [6.45, 7) is 2.68. The predicted octanol–water partition coefficient (Wildman–Crippen LogP) is -0.944. The van der Waals surface area contributed by atoms with Gasteiger partial charge in [-0.15, -0.1) is 0 Å². The van der Waals surface area contributed by atoms with Crippen molar-refractivity contribution in [1.29, 1.82) is 0 Å². The molecule has 1 aliphatic rings. The fourth-order valence-corrected chi connectivity index (χ4v) is 1.69. The lowest BCUT2D eigenvalue weighted by Crippen LogP contribution is -2.49. The minimum atomic E-state index is -1.36. The van der Waals surface area contributed by atoms with E-state index in [1.807, 2.05) is 0 Å². The van der Waals surface area contributed by atoms with Gasteiger partial charge in [-0.25, -0.2) is 0 Å². The standard InChI is InChI=1S/C7H15BN2O2S/c1-5(8(11)12)10-7(13)6-3-2-4-9-6/h5-6,9,11-12H,2-4H2,1H3,(H,10,13)/t5-,6?/m0/s1. The topological polar surface area (TPSA) is 64.5 Å². The van der Waals surface area contributed by atoms with Gasteiger partial charge in [0.05, 0.1) is 17.0 Å². The Bertz CT molecular complexity index is 185. The molecule has 0 aromatic rings. The van der Waals surface area contributed by atoms with Crippen molar-refractivity contribution in [3.63, 3.8) is 0 Å². The van der Waals surface area contributed by atoms with Gasteiger partial charge in [0, 0.05) is 0 Å². The molecule has 0 spiro atoms. The van der Waals surface area contributed by atoms with E-state index in [1.165, 1.54) is 0 Å². The largest absolute Gasteiger partial charge is 0.475 e. The van der Waals surface area contributed by atoms with Crippen molar-refractivity contribution in [1.82, 2.24) is 10.6 Å². The molecule has 1 rings (SSSR count). The molecular weight excluding hydrogens is 187 g/mol. The molecule has 74 valence electrons. The molecule has 1 aliphatic heterocycles. The maximum absolute atomic E-state index is 8.83. The van der Waals surface area contributed by atoms with E-state index >= 15 is 0 Å². The lowest BCUT2D eigenvalue weighted by Gasteiger charge is -2.18. The van der Waals surface area contributed by atoms with Crippen molar-refractivity contribution < 1.29 is 10.0 Å². The number of hydrogen-bond acceptors (Lipinski definition) is 4. The first kappa shape index (κ1) is 10.9. The van der Waals surface area contributed by atoms with Crippen molar-refractivity contribution >= 4 is 24.3 Å². The van der Waals surface area contributed by atoms with Crippen molar-refractivity contribution in [3.05, 3.63) is 0 Å². The Hall–Kier alpha value is -0.165. The lowest BCUT2D eigenvalue weighted by atomic mass is 9.81. The maximum Gasteiger partial charge on any atom is 0.475 e. The van der Waals surface area contributed by atoms with E-state index < -0.39 is 13.1 Å². The third-order valence-corrected chi connectivity index (χ3v) is 2.60. The quantitative estimate of drug-likeness (QED) is 0.351. The van der Waals surface area contributed by atoms with Crippen LogP contribution in [0.1, 0.15) is 19.8 Å². The third-order valence-electron chi connectivity index (χ3n) is 2.19. The van der Waals surface area contributed by atoms with Crippen LogP contribution in [0.5, 0.6) is 0 Å². The molecule has 1 saturated heterocycles. The van der Waals surface area contributed by atoms with Gasteiger partial charge in [-0.3, -0.25) is 0 Å². The SMILES string of the molecule is C[C@H](NC(=S)C1CCCN1)B(O)O. The Morgan fingerprint density at radius 1 is 1.69 bits per heavy atom. The van der Waals surface area contributed by atoms with Gasteiger partial charge in [0.1, 0.15) is 0 Å². The summed E-state index contributed by atoms with van der Waals surface area (Å²) in [5.74, 6) is -0.408. The Morgan fingerprint density at radius 3 is 2.85 bits per heavy atom. The van der Waals surface area contributed by atoms with Crippen LogP contribution in [-0.4, -0.2) is 40.7 Å². The molecule has 1 unspecified atom stereocenters. The zero-order valence-electron chi connectivity index (χ0n) is 7.66. The van der Waals surface area contributed by atoms with Gasteiger partial charge in [0.25, 0.3) is 0 Å². The van der Waals surface area contributed by atoms with Gasteiger partial charge in [-0.2, -0.15) is 0 Å². The average molecular weight is 202 g/mol. The summed E-state index contributed by atoms with van der Waals surface area (Å²) in [4.78, 5) is 0.679. The van der Waals surface area contributed by atoms with E-state index in [1.54, 1.807) is 6.92 Å². The number of rotatable bonds is 3. The molecule has 0 saturated carbocycles. The monoisotopic (exact) mass is 202 g/mol. The number of thiocarbonyl (C=S) groups is 1. The molecule has 1 heterocycles. The predicted molar refractivity (Wildman–Crippen MR) is 56.4 cm³/mol. The highest BCUT2D eigenvalue weighted by atomic mass is 32.1. The zero-order chi connectivity index (χ0) is 9.84. The van der Waals surface area contributed by atoms with Gasteiger partial charge < -0.3 is 20.7 Å². The van der Waals surface area contributed by atoms with Crippen LogP contribution in [0.15, 0.2) is 0 Å². The van der Waals surface area contributed by atoms with Gasteiger partial charge in [0.2, 0.25) is 0 Å². The van der Waals surface area contributed by atoms with Crippen LogP contribution in [0.2, 0.25) is 0 Å². The van der Waals surface area contributed by atoms with E-state index in [0.29, 0.717) is 4.99 Å². The molecular formula is C7H15BN2O2S. The highest BCUT2D eigenvalue weighted by Gasteiger charge is 2.23. The van der Waals surface area contributed by atoms with Crippen LogP contribution in [0.3, 0.4) is 0 Å². The molecule has 6 heteroatoms. The first-order chi connectivity index (χ1) is 6.11. The van der Waals surface area contributed by atoms with Gasteiger partial charge >= 0.3 is 7.12 Å². The van der Waals surface area contributed by atoms with Crippen molar-refractivity contribution in [2.75, 3.05) is 6.54 Å². The van der Waals surface area contributed by atoms with E-state index in [-0.39, 0.29) is 6.04 Å². The molecule has 0 aromatic carbocycles. The maximum atomic E-state index is 8.83. The summed E-state index contributed by atoms with van der Waals surface area (Å²) >= 11 is 5.11. The van der Waals surface area contributed by atoms with Crippen LogP contribution in [0.4, 0.5) is 0 Å². The van der Waals surface area contributed by atoms with E-state index in [9.17, 15) is 0 Å². The molecule has 4 N–H and O–H groups in total. The molecule has 0 radical (unpaired) electrons. The Balaban J connectivity index is 2.31. The number of hydrogen-bond donors (Lipinski definition) is 4. The third kappa shape index (κ3) is 3.23. The summed E-state index contributed by atoms with van der Waals surface area (Å²) in [6.07, 6.45) is 2.16. The molecule has 0 bridgehead atoms. The van der Waals surface area contributed by atoms with Crippen LogP contribution < -0.4 is 10.6 Å². The summed E-state index contributed by atoms with van der Waals surface area (Å²) in [7, 11) is -1.36. The lowest BCUT2D eigenvalue weighted by molar-refractivity contribution is 0.385.